The van der Waals surface area contributed by atoms with E-state index in [1.54, 1.807) is 0 Å². The highest BCUT2D eigenvalue weighted by atomic mass is 32.2. The third kappa shape index (κ3) is 3.75. The number of carbonyl (C=O) groups is 2. The van der Waals surface area contributed by atoms with E-state index in [2.05, 4.69) is 5.32 Å². The van der Waals surface area contributed by atoms with Gasteiger partial charge in [-0.2, -0.15) is 0 Å². The van der Waals surface area contributed by atoms with Crippen LogP contribution in [0.2, 0.25) is 0 Å². The molecule has 0 radical (unpaired) electrons. The summed E-state index contributed by atoms with van der Waals surface area (Å²) in [4.78, 5) is 26.5. The van der Waals surface area contributed by atoms with Crippen molar-refractivity contribution in [1.29, 1.82) is 0 Å². The topological polar surface area (TPSA) is 64.6 Å². The van der Waals surface area contributed by atoms with E-state index >= 15 is 0 Å². The summed E-state index contributed by atoms with van der Waals surface area (Å²) in [6.45, 7) is 8.01. The fourth-order valence-electron chi connectivity index (χ4n) is 3.43. The molecule has 0 amide bonds. The number of ether oxygens (including phenoxy) is 2. The SMILES string of the molecule is CCCOC(=O)C1(Sc2ccccc2)C(C)NC(C)=C(C(=O)OC)C1C. The van der Waals surface area contributed by atoms with Gasteiger partial charge in [0.15, 0.2) is 0 Å². The van der Waals surface area contributed by atoms with Crippen LogP contribution in [0.25, 0.3) is 0 Å². The molecule has 1 N–H and O–H groups in total. The van der Waals surface area contributed by atoms with Crippen molar-refractivity contribution >= 4 is 23.7 Å². The van der Waals surface area contributed by atoms with Gasteiger partial charge in [-0.1, -0.05) is 32.0 Å². The summed E-state index contributed by atoms with van der Waals surface area (Å²) in [5.74, 6) is -1.11. The number of nitrogens with one attached hydrogen (secondary N) is 1. The van der Waals surface area contributed by atoms with E-state index in [0.29, 0.717) is 12.2 Å². The Kier molecular flexibility index (Phi) is 6.75. The van der Waals surface area contributed by atoms with Gasteiger partial charge in [0.2, 0.25) is 0 Å². The number of thioether (sulfide) groups is 1. The van der Waals surface area contributed by atoms with Crippen molar-refractivity contribution in [3.05, 3.63) is 41.6 Å². The largest absolute Gasteiger partial charge is 0.466 e. The molecule has 0 fully saturated rings. The lowest BCUT2D eigenvalue weighted by atomic mass is 9.78. The molecule has 6 heteroatoms. The lowest BCUT2D eigenvalue weighted by Gasteiger charge is -2.45. The molecular formula is C20H27NO4S. The van der Waals surface area contributed by atoms with Crippen molar-refractivity contribution in [1.82, 2.24) is 5.32 Å². The van der Waals surface area contributed by atoms with Crippen LogP contribution in [0.3, 0.4) is 0 Å². The van der Waals surface area contributed by atoms with Crippen LogP contribution < -0.4 is 5.32 Å². The highest BCUT2D eigenvalue weighted by Crippen LogP contribution is 2.48. The molecule has 26 heavy (non-hydrogen) atoms. The molecule has 142 valence electrons. The average Bonchev–Trinajstić information content (AvgIpc) is 2.63. The lowest BCUT2D eigenvalue weighted by molar-refractivity contribution is -0.149. The van der Waals surface area contributed by atoms with E-state index in [1.807, 2.05) is 58.0 Å². The van der Waals surface area contributed by atoms with E-state index in [9.17, 15) is 9.59 Å². The number of hydrogen-bond acceptors (Lipinski definition) is 6. The van der Waals surface area contributed by atoms with Gasteiger partial charge in [0, 0.05) is 22.6 Å². The van der Waals surface area contributed by atoms with Crippen LogP contribution in [0, 0.1) is 5.92 Å². The van der Waals surface area contributed by atoms with Gasteiger partial charge in [0.1, 0.15) is 4.75 Å². The standard InChI is InChI=1S/C20H27NO4S/c1-6-12-25-19(23)20(26-16-10-8-7-9-11-16)13(2)17(18(22)24-5)14(3)21-15(20)4/h7-11,13,15,21H,6,12H2,1-5H3. The Morgan fingerprint density at radius 2 is 1.88 bits per heavy atom. The zero-order valence-corrected chi connectivity index (χ0v) is 16.8. The molecule has 0 saturated carbocycles. The molecule has 0 saturated heterocycles. The molecule has 1 aliphatic rings. The summed E-state index contributed by atoms with van der Waals surface area (Å²) in [7, 11) is 1.36. The van der Waals surface area contributed by atoms with E-state index in [-0.39, 0.29) is 17.9 Å². The first-order valence-electron chi connectivity index (χ1n) is 8.85. The van der Waals surface area contributed by atoms with E-state index in [1.165, 1.54) is 18.9 Å². The third-order valence-corrected chi connectivity index (χ3v) is 6.47. The Bertz CT molecular complexity index is 688. The van der Waals surface area contributed by atoms with Gasteiger partial charge in [0.25, 0.3) is 0 Å². The Labute approximate surface area is 159 Å². The first-order valence-corrected chi connectivity index (χ1v) is 9.67. The lowest BCUT2D eigenvalue weighted by Crippen LogP contribution is -2.60. The van der Waals surface area contributed by atoms with Crippen LogP contribution in [0.4, 0.5) is 0 Å². The quantitative estimate of drug-likeness (QED) is 0.765. The Balaban J connectivity index is 2.54. The minimum Gasteiger partial charge on any atom is -0.466 e. The van der Waals surface area contributed by atoms with Crippen molar-refractivity contribution < 1.29 is 19.1 Å². The van der Waals surface area contributed by atoms with Gasteiger partial charge in [-0.25, -0.2) is 4.79 Å². The van der Waals surface area contributed by atoms with Gasteiger partial charge in [-0.3, -0.25) is 4.79 Å². The molecule has 3 atom stereocenters. The van der Waals surface area contributed by atoms with Gasteiger partial charge in [-0.15, -0.1) is 11.8 Å². The number of esters is 2. The number of benzene rings is 1. The highest BCUT2D eigenvalue weighted by Gasteiger charge is 2.55. The van der Waals surface area contributed by atoms with Gasteiger partial charge in [-0.05, 0) is 32.4 Å². The molecule has 1 heterocycles. The van der Waals surface area contributed by atoms with Crippen molar-refractivity contribution in [3.63, 3.8) is 0 Å². The van der Waals surface area contributed by atoms with Crippen molar-refractivity contribution in [3.8, 4) is 0 Å². The van der Waals surface area contributed by atoms with Gasteiger partial charge >= 0.3 is 11.9 Å². The summed E-state index contributed by atoms with van der Waals surface area (Å²) >= 11 is 1.44. The normalized spacial score (nSPS) is 25.4. The maximum atomic E-state index is 13.2. The second-order valence-corrected chi connectivity index (χ2v) is 7.81. The molecule has 3 unspecified atom stereocenters. The fraction of sp³-hybridized carbons (Fsp3) is 0.500. The summed E-state index contributed by atoms with van der Waals surface area (Å²) in [5, 5.41) is 3.30. The monoisotopic (exact) mass is 377 g/mol. The first kappa shape index (κ1) is 20.4. The number of allylic oxidation sites excluding steroid dienone is 1. The Morgan fingerprint density at radius 3 is 2.46 bits per heavy atom. The minimum absolute atomic E-state index is 0.222. The van der Waals surface area contributed by atoms with Crippen LogP contribution >= 0.6 is 11.8 Å². The molecule has 5 nitrogen and oxygen atoms in total. The molecule has 1 aromatic carbocycles. The summed E-state index contributed by atoms with van der Waals surface area (Å²) in [6, 6.07) is 9.50. The van der Waals surface area contributed by atoms with Crippen LogP contribution in [0.5, 0.6) is 0 Å². The molecule has 2 rings (SSSR count). The zero-order chi connectivity index (χ0) is 19.3. The predicted octanol–water partition coefficient (Wildman–Crippen LogP) is 3.55. The van der Waals surface area contributed by atoms with Gasteiger partial charge < -0.3 is 14.8 Å². The molecule has 0 aromatic heterocycles. The third-order valence-electron chi connectivity index (χ3n) is 4.75. The second kappa shape index (κ2) is 8.62. The average molecular weight is 378 g/mol. The maximum Gasteiger partial charge on any atom is 0.335 e. The number of methoxy groups -OCH3 is 1. The van der Waals surface area contributed by atoms with Crippen LogP contribution in [-0.4, -0.2) is 36.4 Å². The Hall–Kier alpha value is -1.95. The number of hydrogen-bond donors (Lipinski definition) is 1. The fourth-order valence-corrected chi connectivity index (χ4v) is 4.78. The minimum atomic E-state index is -0.973. The first-order chi connectivity index (χ1) is 12.4. The van der Waals surface area contributed by atoms with Crippen LogP contribution in [0.1, 0.15) is 34.1 Å². The van der Waals surface area contributed by atoms with Crippen LogP contribution in [-0.2, 0) is 19.1 Å². The smallest absolute Gasteiger partial charge is 0.335 e. The van der Waals surface area contributed by atoms with E-state index in [0.717, 1.165) is 17.0 Å². The maximum absolute atomic E-state index is 13.2. The summed E-state index contributed by atoms with van der Waals surface area (Å²) in [5.41, 5.74) is 1.23. The molecule has 1 aromatic rings. The molecular weight excluding hydrogens is 350 g/mol. The molecule has 0 aliphatic carbocycles. The number of carbonyl (C=O) groups excluding carboxylic acids is 2. The zero-order valence-electron chi connectivity index (χ0n) is 16.0. The summed E-state index contributed by atoms with van der Waals surface area (Å²) < 4.78 is 9.57. The molecule has 0 bridgehead atoms. The molecule has 0 spiro atoms. The van der Waals surface area contributed by atoms with E-state index < -0.39 is 10.7 Å². The second-order valence-electron chi connectivity index (χ2n) is 6.46. The number of rotatable bonds is 6. The predicted molar refractivity (Wildman–Crippen MR) is 103 cm³/mol. The van der Waals surface area contributed by atoms with E-state index in [4.69, 9.17) is 9.47 Å². The molecule has 1 aliphatic heterocycles. The van der Waals surface area contributed by atoms with Crippen molar-refractivity contribution in [2.75, 3.05) is 13.7 Å². The highest BCUT2D eigenvalue weighted by molar-refractivity contribution is 8.01. The Morgan fingerprint density at radius 1 is 1.23 bits per heavy atom. The van der Waals surface area contributed by atoms with Crippen LogP contribution in [0.15, 0.2) is 46.5 Å². The summed E-state index contributed by atoms with van der Waals surface area (Å²) in [6.07, 6.45) is 0.743. The van der Waals surface area contributed by atoms with Gasteiger partial charge in [0.05, 0.1) is 19.3 Å². The van der Waals surface area contributed by atoms with Crippen molar-refractivity contribution in [2.24, 2.45) is 5.92 Å². The van der Waals surface area contributed by atoms with Crippen molar-refractivity contribution in [2.45, 2.75) is 49.8 Å².